The molecule has 1 N–H and O–H groups in total. The quantitative estimate of drug-likeness (QED) is 0.872. The maximum atomic E-state index is 9.60. The van der Waals surface area contributed by atoms with Gasteiger partial charge in [0.2, 0.25) is 0 Å². The minimum absolute atomic E-state index is 0.437. The largest absolute Gasteiger partial charge is 0.489 e. The van der Waals surface area contributed by atoms with Crippen molar-refractivity contribution in [2.24, 2.45) is 0 Å². The number of hydrogen-bond donors (Lipinski definition) is 1. The number of aliphatic hydroxyl groups is 1. The first kappa shape index (κ1) is 13.1. The Morgan fingerprint density at radius 2 is 2.25 bits per heavy atom. The van der Waals surface area contributed by atoms with E-state index in [4.69, 9.17) is 16.3 Å². The Balaban J connectivity index is 2.88. The molecule has 2 nitrogen and oxygen atoms in total. The molecule has 0 aliphatic heterocycles. The number of ether oxygens (including phenoxy) is 1. The van der Waals surface area contributed by atoms with Gasteiger partial charge in [0, 0.05) is 11.1 Å². The Bertz CT molecular complexity index is 384. The second-order valence-corrected chi connectivity index (χ2v) is 4.18. The van der Waals surface area contributed by atoms with Gasteiger partial charge in [-0.1, -0.05) is 23.7 Å². The molecular weight excluding hydrogens is 224 g/mol. The van der Waals surface area contributed by atoms with Crippen LogP contribution in [0.15, 0.2) is 29.3 Å². The van der Waals surface area contributed by atoms with Gasteiger partial charge in [0.25, 0.3) is 0 Å². The van der Waals surface area contributed by atoms with Crippen molar-refractivity contribution in [3.05, 3.63) is 40.4 Å². The van der Waals surface area contributed by atoms with Gasteiger partial charge in [-0.2, -0.15) is 0 Å². The van der Waals surface area contributed by atoms with Gasteiger partial charge in [-0.25, -0.2) is 0 Å². The molecule has 88 valence electrons. The van der Waals surface area contributed by atoms with Crippen LogP contribution in [0.4, 0.5) is 0 Å². The summed E-state index contributed by atoms with van der Waals surface area (Å²) in [6.45, 7) is 6.04. The third-order valence-electron chi connectivity index (χ3n) is 2.26. The van der Waals surface area contributed by atoms with E-state index in [1.807, 2.05) is 32.0 Å². The first-order valence-electron chi connectivity index (χ1n) is 5.22. The maximum Gasteiger partial charge on any atom is 0.125 e. The Hall–Kier alpha value is -0.990. The van der Waals surface area contributed by atoms with Gasteiger partial charge < -0.3 is 9.84 Å². The predicted molar refractivity (Wildman–Crippen MR) is 66.9 cm³/mol. The van der Waals surface area contributed by atoms with E-state index in [-0.39, 0.29) is 0 Å². The van der Waals surface area contributed by atoms with E-state index in [1.54, 1.807) is 6.92 Å². The summed E-state index contributed by atoms with van der Waals surface area (Å²) in [6, 6.07) is 5.76. The van der Waals surface area contributed by atoms with Crippen LogP contribution in [0.2, 0.25) is 0 Å². The van der Waals surface area contributed by atoms with Crippen molar-refractivity contribution >= 4 is 11.6 Å². The zero-order valence-corrected chi connectivity index (χ0v) is 10.6. The summed E-state index contributed by atoms with van der Waals surface area (Å²) in [6.07, 6.45) is -0.532. The zero-order valence-electron chi connectivity index (χ0n) is 9.83. The van der Waals surface area contributed by atoms with Crippen molar-refractivity contribution < 1.29 is 9.84 Å². The van der Waals surface area contributed by atoms with Crippen LogP contribution >= 0.6 is 11.6 Å². The number of halogens is 1. The van der Waals surface area contributed by atoms with E-state index in [0.717, 1.165) is 16.7 Å². The molecule has 0 saturated carbocycles. The Morgan fingerprint density at radius 1 is 1.56 bits per heavy atom. The molecule has 1 aromatic rings. The second kappa shape index (κ2) is 5.92. The highest BCUT2D eigenvalue weighted by atomic mass is 35.5. The summed E-state index contributed by atoms with van der Waals surface area (Å²) in [7, 11) is 0. The fourth-order valence-corrected chi connectivity index (χ4v) is 1.40. The van der Waals surface area contributed by atoms with E-state index in [1.165, 1.54) is 5.54 Å². The van der Waals surface area contributed by atoms with Crippen molar-refractivity contribution in [2.75, 3.05) is 6.61 Å². The van der Waals surface area contributed by atoms with E-state index in [9.17, 15) is 5.11 Å². The Labute approximate surface area is 102 Å². The van der Waals surface area contributed by atoms with Gasteiger partial charge in [0.15, 0.2) is 0 Å². The molecule has 1 aromatic carbocycles. The first-order valence-corrected chi connectivity index (χ1v) is 5.65. The monoisotopic (exact) mass is 240 g/mol. The van der Waals surface area contributed by atoms with E-state index < -0.39 is 6.10 Å². The SMILES string of the molecule is C/C(=C\Cl)COc1cc(C)ccc1C(C)O. The fourth-order valence-electron chi connectivity index (χ4n) is 1.33. The van der Waals surface area contributed by atoms with Gasteiger partial charge >= 0.3 is 0 Å². The van der Waals surface area contributed by atoms with E-state index in [0.29, 0.717) is 12.4 Å². The van der Waals surface area contributed by atoms with Crippen LogP contribution in [0.5, 0.6) is 5.75 Å². The van der Waals surface area contributed by atoms with Crippen LogP contribution in [0.1, 0.15) is 31.1 Å². The molecule has 0 amide bonds. The second-order valence-electron chi connectivity index (χ2n) is 3.96. The summed E-state index contributed by atoms with van der Waals surface area (Å²) >= 11 is 5.56. The molecule has 0 aliphatic carbocycles. The predicted octanol–water partition coefficient (Wildman–Crippen LogP) is 3.57. The molecule has 0 heterocycles. The van der Waals surface area contributed by atoms with Gasteiger partial charge in [-0.3, -0.25) is 0 Å². The lowest BCUT2D eigenvalue weighted by Crippen LogP contribution is -2.03. The molecule has 0 spiro atoms. The van der Waals surface area contributed by atoms with Crippen molar-refractivity contribution in [1.29, 1.82) is 0 Å². The Kier molecular flexibility index (Phi) is 4.84. The molecule has 1 rings (SSSR count). The van der Waals surface area contributed by atoms with E-state index in [2.05, 4.69) is 0 Å². The molecular formula is C13H17ClO2. The molecule has 1 unspecified atom stereocenters. The van der Waals surface area contributed by atoms with Gasteiger partial charge in [-0.05, 0) is 38.0 Å². The number of benzene rings is 1. The lowest BCUT2D eigenvalue weighted by molar-refractivity contribution is 0.192. The molecule has 0 aromatic heterocycles. The smallest absolute Gasteiger partial charge is 0.125 e. The summed E-state index contributed by atoms with van der Waals surface area (Å²) in [5.41, 5.74) is 4.34. The molecule has 0 fully saturated rings. The number of rotatable bonds is 4. The summed E-state index contributed by atoms with van der Waals surface area (Å²) in [4.78, 5) is 0. The van der Waals surface area contributed by atoms with Crippen LogP contribution in [0.25, 0.3) is 0 Å². The third kappa shape index (κ3) is 3.54. The normalized spacial score (nSPS) is 13.7. The molecule has 0 saturated heterocycles. The highest BCUT2D eigenvalue weighted by molar-refractivity contribution is 6.25. The standard InChI is InChI=1S/C13H17ClO2/c1-9-4-5-12(11(3)15)13(6-9)16-8-10(2)7-14/h4-7,11,15H,8H2,1-3H3/b10-7+. The van der Waals surface area contributed by atoms with Crippen LogP contribution in [-0.4, -0.2) is 11.7 Å². The minimum atomic E-state index is -0.532. The average molecular weight is 241 g/mol. The molecule has 0 radical (unpaired) electrons. The van der Waals surface area contributed by atoms with Crippen LogP contribution in [-0.2, 0) is 0 Å². The van der Waals surface area contributed by atoms with Crippen LogP contribution < -0.4 is 4.74 Å². The summed E-state index contributed by atoms with van der Waals surface area (Å²) < 4.78 is 5.62. The number of hydrogen-bond acceptors (Lipinski definition) is 2. The number of aryl methyl sites for hydroxylation is 1. The van der Waals surface area contributed by atoms with Gasteiger partial charge in [0.05, 0.1) is 6.10 Å². The van der Waals surface area contributed by atoms with Gasteiger partial charge in [0.1, 0.15) is 12.4 Å². The van der Waals surface area contributed by atoms with Crippen molar-refractivity contribution in [3.63, 3.8) is 0 Å². The Morgan fingerprint density at radius 3 is 2.81 bits per heavy atom. The van der Waals surface area contributed by atoms with Gasteiger partial charge in [-0.15, -0.1) is 0 Å². The first-order chi connectivity index (χ1) is 7.54. The summed E-state index contributed by atoms with van der Waals surface area (Å²) in [5.74, 6) is 0.716. The zero-order chi connectivity index (χ0) is 12.1. The molecule has 16 heavy (non-hydrogen) atoms. The highest BCUT2D eigenvalue weighted by Crippen LogP contribution is 2.26. The van der Waals surface area contributed by atoms with Crippen LogP contribution in [0.3, 0.4) is 0 Å². The van der Waals surface area contributed by atoms with Crippen molar-refractivity contribution in [2.45, 2.75) is 26.9 Å². The molecule has 0 bridgehead atoms. The van der Waals surface area contributed by atoms with Crippen LogP contribution in [0, 0.1) is 6.92 Å². The summed E-state index contributed by atoms with van der Waals surface area (Å²) in [5, 5.41) is 9.60. The highest BCUT2D eigenvalue weighted by Gasteiger charge is 2.09. The minimum Gasteiger partial charge on any atom is -0.489 e. The lowest BCUT2D eigenvalue weighted by atomic mass is 10.1. The lowest BCUT2D eigenvalue weighted by Gasteiger charge is -2.14. The van der Waals surface area contributed by atoms with E-state index >= 15 is 0 Å². The van der Waals surface area contributed by atoms with Crippen molar-refractivity contribution in [1.82, 2.24) is 0 Å². The number of aliphatic hydroxyl groups excluding tert-OH is 1. The molecule has 1 atom stereocenters. The fraction of sp³-hybridized carbons (Fsp3) is 0.385. The maximum absolute atomic E-state index is 9.60. The average Bonchev–Trinajstić information content (AvgIpc) is 2.25. The topological polar surface area (TPSA) is 29.5 Å². The van der Waals surface area contributed by atoms with Crippen molar-refractivity contribution in [3.8, 4) is 5.75 Å². The molecule has 0 aliphatic rings. The molecule has 3 heteroatoms. The third-order valence-corrected chi connectivity index (χ3v) is 2.63.